The van der Waals surface area contributed by atoms with E-state index in [1.807, 2.05) is 14.0 Å². The second kappa shape index (κ2) is 4.58. The van der Waals surface area contributed by atoms with E-state index < -0.39 is 0 Å². The Morgan fingerprint density at radius 1 is 1.77 bits per heavy atom. The van der Waals surface area contributed by atoms with Crippen LogP contribution in [0.3, 0.4) is 0 Å². The zero-order valence-electron chi connectivity index (χ0n) is 8.29. The summed E-state index contributed by atoms with van der Waals surface area (Å²) in [7, 11) is 1.84. The molecular weight excluding hydrogens is 168 g/mol. The SMILES string of the molecule is CNCC(C)C(=O)N1CC[C@H](O)C1. The molecule has 1 amide bonds. The molecule has 1 aliphatic heterocycles. The molecular formula is C9H18N2O2. The third-order valence-corrected chi connectivity index (χ3v) is 2.41. The molecule has 0 aromatic rings. The summed E-state index contributed by atoms with van der Waals surface area (Å²) in [5, 5.41) is 12.2. The summed E-state index contributed by atoms with van der Waals surface area (Å²) in [6.45, 7) is 3.82. The maximum atomic E-state index is 11.7. The molecule has 76 valence electrons. The molecule has 0 aromatic heterocycles. The van der Waals surface area contributed by atoms with Crippen molar-refractivity contribution in [3.63, 3.8) is 0 Å². The first kappa shape index (κ1) is 10.5. The molecule has 4 heteroatoms. The summed E-state index contributed by atoms with van der Waals surface area (Å²) in [4.78, 5) is 13.4. The standard InChI is InChI=1S/C9H18N2O2/c1-7(5-10-2)9(13)11-4-3-8(12)6-11/h7-8,10,12H,3-6H2,1-2H3/t7?,8-/m0/s1. The van der Waals surface area contributed by atoms with Crippen molar-refractivity contribution in [2.75, 3.05) is 26.7 Å². The van der Waals surface area contributed by atoms with Gasteiger partial charge in [-0.25, -0.2) is 0 Å². The highest BCUT2D eigenvalue weighted by Crippen LogP contribution is 2.12. The lowest BCUT2D eigenvalue weighted by Gasteiger charge is -2.19. The first-order valence-electron chi connectivity index (χ1n) is 4.76. The summed E-state index contributed by atoms with van der Waals surface area (Å²) in [6.07, 6.45) is 0.406. The number of carbonyl (C=O) groups is 1. The number of hydrogen-bond acceptors (Lipinski definition) is 3. The number of nitrogens with zero attached hydrogens (tertiary/aromatic N) is 1. The van der Waals surface area contributed by atoms with Gasteiger partial charge in [-0.3, -0.25) is 4.79 Å². The van der Waals surface area contributed by atoms with Crippen LogP contribution in [0, 0.1) is 5.92 Å². The highest BCUT2D eigenvalue weighted by atomic mass is 16.3. The fraction of sp³-hybridized carbons (Fsp3) is 0.889. The minimum absolute atomic E-state index is 0.00954. The van der Waals surface area contributed by atoms with Crippen LogP contribution in [0.1, 0.15) is 13.3 Å². The van der Waals surface area contributed by atoms with E-state index in [-0.39, 0.29) is 17.9 Å². The highest BCUT2D eigenvalue weighted by Gasteiger charge is 2.27. The number of nitrogens with one attached hydrogen (secondary N) is 1. The molecule has 1 saturated heterocycles. The molecule has 0 saturated carbocycles. The van der Waals surface area contributed by atoms with Gasteiger partial charge in [0.05, 0.1) is 6.10 Å². The predicted octanol–water partition coefficient (Wildman–Crippen LogP) is -0.565. The Labute approximate surface area is 78.9 Å². The average Bonchev–Trinajstić information content (AvgIpc) is 2.51. The smallest absolute Gasteiger partial charge is 0.226 e. The Kier molecular flexibility index (Phi) is 3.69. The van der Waals surface area contributed by atoms with Crippen LogP contribution >= 0.6 is 0 Å². The molecule has 2 atom stereocenters. The Hall–Kier alpha value is -0.610. The number of aliphatic hydroxyl groups is 1. The first-order chi connectivity index (χ1) is 6.15. The van der Waals surface area contributed by atoms with E-state index in [9.17, 15) is 9.90 Å². The lowest BCUT2D eigenvalue weighted by Crippen LogP contribution is -2.37. The second-order valence-electron chi connectivity index (χ2n) is 3.69. The zero-order chi connectivity index (χ0) is 9.84. The molecule has 1 fully saturated rings. The van der Waals surface area contributed by atoms with E-state index in [0.29, 0.717) is 19.6 Å². The quantitative estimate of drug-likeness (QED) is 0.621. The minimum atomic E-state index is -0.314. The number of amides is 1. The third kappa shape index (κ3) is 2.67. The number of rotatable bonds is 3. The van der Waals surface area contributed by atoms with E-state index in [2.05, 4.69) is 5.32 Å². The van der Waals surface area contributed by atoms with Crippen LogP contribution in [-0.4, -0.2) is 48.7 Å². The fourth-order valence-electron chi connectivity index (χ4n) is 1.65. The van der Waals surface area contributed by atoms with Crippen molar-refractivity contribution >= 4 is 5.91 Å². The van der Waals surface area contributed by atoms with Crippen LogP contribution in [0.4, 0.5) is 0 Å². The topological polar surface area (TPSA) is 52.6 Å². The molecule has 13 heavy (non-hydrogen) atoms. The molecule has 0 aliphatic carbocycles. The maximum absolute atomic E-state index is 11.7. The minimum Gasteiger partial charge on any atom is -0.391 e. The van der Waals surface area contributed by atoms with Crippen LogP contribution in [0.15, 0.2) is 0 Å². The van der Waals surface area contributed by atoms with Crippen LogP contribution in [0.5, 0.6) is 0 Å². The van der Waals surface area contributed by atoms with Crippen molar-refractivity contribution in [2.45, 2.75) is 19.4 Å². The Morgan fingerprint density at radius 2 is 2.46 bits per heavy atom. The van der Waals surface area contributed by atoms with Gasteiger partial charge in [0, 0.05) is 25.6 Å². The lowest BCUT2D eigenvalue weighted by atomic mass is 10.1. The van der Waals surface area contributed by atoms with Crippen molar-refractivity contribution in [1.29, 1.82) is 0 Å². The molecule has 2 N–H and O–H groups in total. The summed E-state index contributed by atoms with van der Waals surface area (Å²) in [6, 6.07) is 0. The van der Waals surface area contributed by atoms with E-state index in [1.165, 1.54) is 0 Å². The van der Waals surface area contributed by atoms with Crippen molar-refractivity contribution in [1.82, 2.24) is 10.2 Å². The van der Waals surface area contributed by atoms with Gasteiger partial charge < -0.3 is 15.3 Å². The molecule has 0 radical (unpaired) electrons. The zero-order valence-corrected chi connectivity index (χ0v) is 8.29. The monoisotopic (exact) mass is 186 g/mol. The maximum Gasteiger partial charge on any atom is 0.226 e. The van der Waals surface area contributed by atoms with Crippen molar-refractivity contribution in [3.05, 3.63) is 0 Å². The molecule has 0 aromatic carbocycles. The molecule has 1 aliphatic rings. The summed E-state index contributed by atoms with van der Waals surface area (Å²) >= 11 is 0. The molecule has 1 rings (SSSR count). The van der Waals surface area contributed by atoms with Gasteiger partial charge in [0.2, 0.25) is 5.91 Å². The fourth-order valence-corrected chi connectivity index (χ4v) is 1.65. The Morgan fingerprint density at radius 3 is 2.92 bits per heavy atom. The number of β-amino-alcohol motifs (C(OH)–C–C–N with tert-alkyl or cyclic N) is 1. The molecule has 4 nitrogen and oxygen atoms in total. The number of carbonyl (C=O) groups excluding carboxylic acids is 1. The summed E-state index contributed by atoms with van der Waals surface area (Å²) in [5.74, 6) is 0.154. The summed E-state index contributed by atoms with van der Waals surface area (Å²) in [5.41, 5.74) is 0. The van der Waals surface area contributed by atoms with Gasteiger partial charge in [-0.2, -0.15) is 0 Å². The average molecular weight is 186 g/mol. The number of aliphatic hydroxyl groups excluding tert-OH is 1. The molecule has 1 unspecified atom stereocenters. The van der Waals surface area contributed by atoms with Gasteiger partial charge in [-0.05, 0) is 13.5 Å². The third-order valence-electron chi connectivity index (χ3n) is 2.41. The van der Waals surface area contributed by atoms with Crippen molar-refractivity contribution < 1.29 is 9.90 Å². The van der Waals surface area contributed by atoms with Crippen molar-refractivity contribution in [3.8, 4) is 0 Å². The lowest BCUT2D eigenvalue weighted by molar-refractivity contribution is -0.134. The van der Waals surface area contributed by atoms with Gasteiger partial charge in [-0.1, -0.05) is 6.92 Å². The molecule has 1 heterocycles. The van der Waals surface area contributed by atoms with Crippen molar-refractivity contribution in [2.24, 2.45) is 5.92 Å². The van der Waals surface area contributed by atoms with Gasteiger partial charge in [0.1, 0.15) is 0 Å². The summed E-state index contributed by atoms with van der Waals surface area (Å²) < 4.78 is 0. The van der Waals surface area contributed by atoms with Gasteiger partial charge >= 0.3 is 0 Å². The first-order valence-corrected chi connectivity index (χ1v) is 4.76. The molecule has 0 bridgehead atoms. The number of hydrogen-bond donors (Lipinski definition) is 2. The van der Waals surface area contributed by atoms with Crippen LogP contribution in [0.25, 0.3) is 0 Å². The Bertz CT molecular complexity index is 184. The molecule has 0 spiro atoms. The van der Waals surface area contributed by atoms with E-state index >= 15 is 0 Å². The van der Waals surface area contributed by atoms with Gasteiger partial charge in [0.25, 0.3) is 0 Å². The van der Waals surface area contributed by atoms with E-state index in [4.69, 9.17) is 0 Å². The highest BCUT2D eigenvalue weighted by molar-refractivity contribution is 5.79. The van der Waals surface area contributed by atoms with E-state index in [0.717, 1.165) is 6.42 Å². The van der Waals surface area contributed by atoms with Gasteiger partial charge in [-0.15, -0.1) is 0 Å². The number of likely N-dealkylation sites (tertiary alicyclic amines) is 1. The second-order valence-corrected chi connectivity index (χ2v) is 3.69. The normalized spacial score (nSPS) is 24.8. The Balaban J connectivity index is 2.38. The van der Waals surface area contributed by atoms with Gasteiger partial charge in [0.15, 0.2) is 0 Å². The largest absolute Gasteiger partial charge is 0.391 e. The van der Waals surface area contributed by atoms with E-state index in [1.54, 1.807) is 4.90 Å². The van der Waals surface area contributed by atoms with Crippen LogP contribution in [0.2, 0.25) is 0 Å². The predicted molar refractivity (Wildman–Crippen MR) is 50.3 cm³/mol. The van der Waals surface area contributed by atoms with Crippen LogP contribution < -0.4 is 5.32 Å². The van der Waals surface area contributed by atoms with Crippen LogP contribution in [-0.2, 0) is 4.79 Å².